The molecule has 1 atom stereocenters. The van der Waals surface area contributed by atoms with Gasteiger partial charge in [0.2, 0.25) is 10.0 Å². The van der Waals surface area contributed by atoms with Crippen molar-refractivity contribution in [3.8, 4) is 0 Å². The van der Waals surface area contributed by atoms with Crippen molar-refractivity contribution < 1.29 is 8.42 Å². The van der Waals surface area contributed by atoms with Crippen molar-refractivity contribution >= 4 is 10.0 Å². The highest BCUT2D eigenvalue weighted by molar-refractivity contribution is 7.89. The van der Waals surface area contributed by atoms with E-state index in [1.165, 1.54) is 22.7 Å². The lowest BCUT2D eigenvalue weighted by Gasteiger charge is -2.33. The molecule has 0 aromatic heterocycles. The Morgan fingerprint density at radius 3 is 2.62 bits per heavy atom. The van der Waals surface area contributed by atoms with Crippen LogP contribution in [0.15, 0.2) is 30.3 Å². The predicted octanol–water partition coefficient (Wildman–Crippen LogP) is 2.15. The highest BCUT2D eigenvalue weighted by Gasteiger charge is 2.21. The van der Waals surface area contributed by atoms with E-state index in [9.17, 15) is 8.42 Å². The van der Waals surface area contributed by atoms with Crippen LogP contribution in [0.1, 0.15) is 30.7 Å². The molecule has 0 aliphatic carbocycles. The van der Waals surface area contributed by atoms with Gasteiger partial charge in [-0.3, -0.25) is 0 Å². The van der Waals surface area contributed by atoms with Crippen molar-refractivity contribution in [1.82, 2.24) is 9.21 Å². The molecule has 1 aliphatic heterocycles. The van der Waals surface area contributed by atoms with Crippen LogP contribution in [0.25, 0.3) is 0 Å². The van der Waals surface area contributed by atoms with Crippen molar-refractivity contribution in [1.29, 1.82) is 0 Å². The van der Waals surface area contributed by atoms with E-state index in [-0.39, 0.29) is 5.75 Å². The van der Waals surface area contributed by atoms with Gasteiger partial charge in [-0.15, -0.1) is 0 Å². The Kier molecular flexibility index (Phi) is 5.79. The fourth-order valence-corrected chi connectivity index (χ4v) is 3.77. The van der Waals surface area contributed by atoms with E-state index in [0.717, 1.165) is 19.6 Å². The van der Waals surface area contributed by atoms with E-state index >= 15 is 0 Å². The molecule has 1 heterocycles. The molecule has 0 radical (unpaired) electrons. The Balaban J connectivity index is 1.82. The molecule has 0 spiro atoms. The van der Waals surface area contributed by atoms with E-state index in [2.05, 4.69) is 35.2 Å². The monoisotopic (exact) mass is 310 g/mol. The second-order valence-electron chi connectivity index (χ2n) is 6.00. The number of piperidine rings is 1. The van der Waals surface area contributed by atoms with Gasteiger partial charge < -0.3 is 4.90 Å². The van der Waals surface area contributed by atoms with E-state index in [0.29, 0.717) is 12.3 Å². The molecule has 1 fully saturated rings. The summed E-state index contributed by atoms with van der Waals surface area (Å²) in [4.78, 5) is 2.41. The average Bonchev–Trinajstić information content (AvgIpc) is 2.48. The lowest BCUT2D eigenvalue weighted by molar-refractivity contribution is 0.208. The fourth-order valence-electron chi connectivity index (χ4n) is 2.91. The third kappa shape index (κ3) is 4.80. The molecule has 0 bridgehead atoms. The van der Waals surface area contributed by atoms with Gasteiger partial charge in [-0.2, -0.15) is 0 Å². The van der Waals surface area contributed by atoms with Gasteiger partial charge in [0.05, 0.1) is 5.75 Å². The molecular formula is C16H26N2O2S. The molecule has 2 rings (SSSR count). The zero-order valence-corrected chi connectivity index (χ0v) is 13.8. The number of benzene rings is 1. The summed E-state index contributed by atoms with van der Waals surface area (Å²) in [5.74, 6) is 0.831. The summed E-state index contributed by atoms with van der Waals surface area (Å²) in [5.41, 5.74) is 1.41. The van der Waals surface area contributed by atoms with Gasteiger partial charge in [-0.05, 0) is 43.8 Å². The van der Waals surface area contributed by atoms with Gasteiger partial charge in [0, 0.05) is 20.6 Å². The van der Waals surface area contributed by atoms with E-state index < -0.39 is 10.0 Å². The zero-order valence-electron chi connectivity index (χ0n) is 13.0. The Bertz CT molecular complexity index is 528. The minimum atomic E-state index is -3.06. The minimum Gasteiger partial charge on any atom is -0.303 e. The first kappa shape index (κ1) is 16.5. The van der Waals surface area contributed by atoms with E-state index in [1.807, 2.05) is 0 Å². The second kappa shape index (κ2) is 7.38. The van der Waals surface area contributed by atoms with Gasteiger partial charge in [-0.25, -0.2) is 12.7 Å². The Morgan fingerprint density at radius 1 is 1.24 bits per heavy atom. The molecular weight excluding hydrogens is 284 g/mol. The van der Waals surface area contributed by atoms with Crippen LogP contribution in [0.5, 0.6) is 0 Å². The Labute approximate surface area is 128 Å². The molecule has 0 amide bonds. The first-order chi connectivity index (χ1) is 9.99. The highest BCUT2D eigenvalue weighted by atomic mass is 32.2. The van der Waals surface area contributed by atoms with Crippen LogP contribution in [0.2, 0.25) is 0 Å². The SMILES string of the molecule is CN(C)S(=O)(=O)CCCN1CCC[C@H](c2ccccc2)C1. The number of hydrogen-bond donors (Lipinski definition) is 0. The molecule has 1 aliphatic rings. The molecule has 1 aromatic carbocycles. The number of rotatable bonds is 6. The molecule has 5 heteroatoms. The summed E-state index contributed by atoms with van der Waals surface area (Å²) in [6.45, 7) is 3.01. The zero-order chi connectivity index (χ0) is 15.3. The van der Waals surface area contributed by atoms with Crippen molar-refractivity contribution in [3.05, 3.63) is 35.9 Å². The van der Waals surface area contributed by atoms with Crippen LogP contribution in [0, 0.1) is 0 Å². The van der Waals surface area contributed by atoms with Crippen LogP contribution in [-0.2, 0) is 10.0 Å². The summed E-state index contributed by atoms with van der Waals surface area (Å²) in [6.07, 6.45) is 3.14. The Hall–Kier alpha value is -0.910. The smallest absolute Gasteiger partial charge is 0.213 e. The number of likely N-dealkylation sites (tertiary alicyclic amines) is 1. The van der Waals surface area contributed by atoms with Crippen LogP contribution in [-0.4, -0.2) is 57.1 Å². The van der Waals surface area contributed by atoms with Crippen molar-refractivity contribution in [2.45, 2.75) is 25.2 Å². The minimum absolute atomic E-state index is 0.243. The first-order valence-corrected chi connectivity index (χ1v) is 9.27. The first-order valence-electron chi connectivity index (χ1n) is 7.66. The molecule has 0 N–H and O–H groups in total. The molecule has 1 saturated heterocycles. The van der Waals surface area contributed by atoms with Crippen molar-refractivity contribution in [2.75, 3.05) is 39.5 Å². The third-order valence-electron chi connectivity index (χ3n) is 4.21. The summed E-state index contributed by atoms with van der Waals surface area (Å²) < 4.78 is 24.8. The third-order valence-corrected chi connectivity index (χ3v) is 6.13. The predicted molar refractivity (Wildman–Crippen MR) is 86.9 cm³/mol. The van der Waals surface area contributed by atoms with Gasteiger partial charge >= 0.3 is 0 Å². The fraction of sp³-hybridized carbons (Fsp3) is 0.625. The topological polar surface area (TPSA) is 40.6 Å². The molecule has 118 valence electrons. The molecule has 21 heavy (non-hydrogen) atoms. The molecule has 1 aromatic rings. The summed E-state index contributed by atoms with van der Waals surface area (Å²) in [6, 6.07) is 10.6. The quantitative estimate of drug-likeness (QED) is 0.808. The summed E-state index contributed by atoms with van der Waals surface area (Å²) in [5, 5.41) is 0. The average molecular weight is 310 g/mol. The van der Waals surface area contributed by atoms with Crippen LogP contribution >= 0.6 is 0 Å². The molecule has 4 nitrogen and oxygen atoms in total. The van der Waals surface area contributed by atoms with E-state index in [4.69, 9.17) is 0 Å². The second-order valence-corrected chi connectivity index (χ2v) is 8.30. The van der Waals surface area contributed by atoms with Crippen LogP contribution in [0.4, 0.5) is 0 Å². The van der Waals surface area contributed by atoms with Crippen molar-refractivity contribution in [3.63, 3.8) is 0 Å². The van der Waals surface area contributed by atoms with Crippen LogP contribution in [0.3, 0.4) is 0 Å². The van der Waals surface area contributed by atoms with E-state index in [1.54, 1.807) is 14.1 Å². The lowest BCUT2D eigenvalue weighted by Crippen LogP contribution is -2.36. The maximum atomic E-state index is 11.8. The normalized spacial score (nSPS) is 20.8. The van der Waals surface area contributed by atoms with Gasteiger partial charge in [-0.1, -0.05) is 30.3 Å². The standard InChI is InChI=1S/C16H26N2O2S/c1-17(2)21(19,20)13-7-12-18-11-6-10-16(14-18)15-8-4-3-5-9-15/h3-5,8-9,16H,6-7,10-14H2,1-2H3/t16-/m0/s1. The lowest BCUT2D eigenvalue weighted by atomic mass is 9.90. The maximum absolute atomic E-state index is 11.8. The van der Waals surface area contributed by atoms with Crippen molar-refractivity contribution in [2.24, 2.45) is 0 Å². The Morgan fingerprint density at radius 2 is 1.95 bits per heavy atom. The van der Waals surface area contributed by atoms with Gasteiger partial charge in [0.25, 0.3) is 0 Å². The van der Waals surface area contributed by atoms with Gasteiger partial charge in [0.15, 0.2) is 0 Å². The maximum Gasteiger partial charge on any atom is 0.213 e. The number of nitrogens with zero attached hydrogens (tertiary/aromatic N) is 2. The van der Waals surface area contributed by atoms with Crippen LogP contribution < -0.4 is 0 Å². The molecule has 0 saturated carbocycles. The molecule has 0 unspecified atom stereocenters. The number of sulfonamides is 1. The van der Waals surface area contributed by atoms with Gasteiger partial charge in [0.1, 0.15) is 0 Å². The largest absolute Gasteiger partial charge is 0.303 e. The summed E-state index contributed by atoms with van der Waals surface area (Å²) in [7, 11) is 0.140. The highest BCUT2D eigenvalue weighted by Crippen LogP contribution is 2.26. The number of hydrogen-bond acceptors (Lipinski definition) is 3. The summed E-state index contributed by atoms with van der Waals surface area (Å²) >= 11 is 0.